The van der Waals surface area contributed by atoms with Gasteiger partial charge in [0.1, 0.15) is 11.5 Å². The first kappa shape index (κ1) is 10.5. The highest BCUT2D eigenvalue weighted by atomic mass is 16.5. The molecule has 1 aliphatic heterocycles. The molecule has 5 heteroatoms. The molecule has 1 aliphatic rings. The molecule has 1 N–H and O–H groups in total. The van der Waals surface area contributed by atoms with Crippen LogP contribution in [0.1, 0.15) is 36.0 Å². The number of nitrogens with zero attached hydrogens (tertiary/aromatic N) is 3. The quantitative estimate of drug-likeness (QED) is 0.874. The zero-order valence-electron chi connectivity index (χ0n) is 9.89. The minimum Gasteiger partial charge on any atom is -0.361 e. The molecule has 1 atom stereocenters. The van der Waals surface area contributed by atoms with E-state index in [1.54, 1.807) is 0 Å². The Hall–Kier alpha value is -1.62. The summed E-state index contributed by atoms with van der Waals surface area (Å²) in [5.41, 5.74) is 2.18. The summed E-state index contributed by atoms with van der Waals surface area (Å²) in [6, 6.07) is 2.40. The number of hydrogen-bond donors (Lipinski definition) is 1. The molecule has 0 saturated carbocycles. The molecule has 2 aromatic rings. The molecule has 3 heterocycles. The lowest BCUT2D eigenvalue weighted by molar-refractivity contribution is 0.388. The lowest BCUT2D eigenvalue weighted by Gasteiger charge is -2.12. The number of imidazole rings is 1. The van der Waals surface area contributed by atoms with Gasteiger partial charge in [0.15, 0.2) is 0 Å². The third-order valence-corrected chi connectivity index (χ3v) is 3.17. The second-order valence-electron chi connectivity index (χ2n) is 4.52. The summed E-state index contributed by atoms with van der Waals surface area (Å²) >= 11 is 0. The molecule has 90 valence electrons. The van der Waals surface area contributed by atoms with Crippen molar-refractivity contribution in [3.8, 4) is 0 Å². The molecule has 1 saturated heterocycles. The van der Waals surface area contributed by atoms with Gasteiger partial charge in [-0.3, -0.25) is 0 Å². The summed E-state index contributed by atoms with van der Waals surface area (Å²) in [7, 11) is 0. The van der Waals surface area contributed by atoms with E-state index in [-0.39, 0.29) is 0 Å². The van der Waals surface area contributed by atoms with Gasteiger partial charge >= 0.3 is 0 Å². The first-order valence-electron chi connectivity index (χ1n) is 5.98. The minimum absolute atomic E-state index is 0.436. The van der Waals surface area contributed by atoms with E-state index >= 15 is 0 Å². The summed E-state index contributed by atoms with van der Waals surface area (Å²) in [6.07, 6.45) is 6.22. The summed E-state index contributed by atoms with van der Waals surface area (Å²) in [5, 5.41) is 7.50. The molecule has 17 heavy (non-hydrogen) atoms. The van der Waals surface area contributed by atoms with Crippen LogP contribution in [-0.2, 0) is 6.54 Å². The Kier molecular flexibility index (Phi) is 2.68. The average Bonchev–Trinajstić information content (AvgIpc) is 3.00. The number of aryl methyl sites for hydroxylation is 1. The van der Waals surface area contributed by atoms with Crippen LogP contribution in [0, 0.1) is 6.92 Å². The fraction of sp³-hybridized carbons (Fsp3) is 0.500. The summed E-state index contributed by atoms with van der Waals surface area (Å²) in [6.45, 7) is 3.73. The summed E-state index contributed by atoms with van der Waals surface area (Å²) in [5.74, 6) is 0.848. The van der Waals surface area contributed by atoms with Crippen LogP contribution in [-0.4, -0.2) is 21.3 Å². The van der Waals surface area contributed by atoms with Crippen molar-refractivity contribution >= 4 is 0 Å². The fourth-order valence-corrected chi connectivity index (χ4v) is 2.36. The van der Waals surface area contributed by atoms with E-state index in [0.29, 0.717) is 6.04 Å². The van der Waals surface area contributed by atoms with Crippen molar-refractivity contribution in [2.45, 2.75) is 32.4 Å². The van der Waals surface area contributed by atoms with Gasteiger partial charge in [-0.15, -0.1) is 0 Å². The van der Waals surface area contributed by atoms with Crippen LogP contribution in [0.15, 0.2) is 23.1 Å². The molecular weight excluding hydrogens is 216 g/mol. The van der Waals surface area contributed by atoms with Gasteiger partial charge in [-0.2, -0.15) is 0 Å². The van der Waals surface area contributed by atoms with Crippen LogP contribution in [0.2, 0.25) is 0 Å². The van der Waals surface area contributed by atoms with E-state index in [0.717, 1.165) is 24.5 Å². The van der Waals surface area contributed by atoms with E-state index in [1.807, 2.05) is 25.5 Å². The Bertz CT molecular complexity index is 496. The molecule has 5 nitrogen and oxygen atoms in total. The predicted octanol–water partition coefficient (Wildman–Crippen LogP) is 1.65. The van der Waals surface area contributed by atoms with E-state index < -0.39 is 0 Å². The maximum atomic E-state index is 5.08. The van der Waals surface area contributed by atoms with Gasteiger partial charge < -0.3 is 14.4 Å². The molecule has 0 spiro atoms. The van der Waals surface area contributed by atoms with Gasteiger partial charge in [-0.05, 0) is 26.3 Å². The zero-order valence-corrected chi connectivity index (χ0v) is 9.89. The van der Waals surface area contributed by atoms with Crippen LogP contribution < -0.4 is 5.32 Å². The van der Waals surface area contributed by atoms with E-state index in [9.17, 15) is 0 Å². The van der Waals surface area contributed by atoms with Gasteiger partial charge in [0.25, 0.3) is 0 Å². The van der Waals surface area contributed by atoms with E-state index in [2.05, 4.69) is 20.0 Å². The van der Waals surface area contributed by atoms with Crippen LogP contribution in [0.3, 0.4) is 0 Å². The molecule has 1 fully saturated rings. The Morgan fingerprint density at radius 1 is 1.59 bits per heavy atom. The molecule has 0 amide bonds. The molecule has 0 bridgehead atoms. The predicted molar refractivity (Wildman–Crippen MR) is 62.5 cm³/mol. The molecule has 3 rings (SSSR count). The largest absolute Gasteiger partial charge is 0.361 e. The summed E-state index contributed by atoms with van der Waals surface area (Å²) in [4.78, 5) is 4.23. The standard InChI is InChI=1S/C12H16N4O/c1-9-5-10(15-17-9)7-16-8-13-6-12(16)11-3-2-4-14-11/h5-6,8,11,14H,2-4,7H2,1H3/t11-/m0/s1. The number of aromatic nitrogens is 3. The highest BCUT2D eigenvalue weighted by Gasteiger charge is 2.20. The van der Waals surface area contributed by atoms with Crippen molar-refractivity contribution in [1.82, 2.24) is 20.0 Å². The third-order valence-electron chi connectivity index (χ3n) is 3.17. The van der Waals surface area contributed by atoms with E-state index in [4.69, 9.17) is 4.52 Å². The smallest absolute Gasteiger partial charge is 0.133 e. The first-order chi connectivity index (χ1) is 8.33. The van der Waals surface area contributed by atoms with Crippen LogP contribution in [0.25, 0.3) is 0 Å². The van der Waals surface area contributed by atoms with E-state index in [1.165, 1.54) is 18.5 Å². The molecule has 0 unspecified atom stereocenters. The Labute approximate surface area is 99.8 Å². The highest BCUT2D eigenvalue weighted by Crippen LogP contribution is 2.23. The maximum absolute atomic E-state index is 5.08. The highest BCUT2D eigenvalue weighted by molar-refractivity contribution is 5.11. The number of rotatable bonds is 3. The normalized spacial score (nSPS) is 19.9. The van der Waals surface area contributed by atoms with Crippen molar-refractivity contribution in [3.63, 3.8) is 0 Å². The van der Waals surface area contributed by atoms with Gasteiger partial charge in [0.2, 0.25) is 0 Å². The van der Waals surface area contributed by atoms with Crippen molar-refractivity contribution < 1.29 is 4.52 Å². The lowest BCUT2D eigenvalue weighted by Crippen LogP contribution is -2.17. The third kappa shape index (κ3) is 2.10. The average molecular weight is 232 g/mol. The van der Waals surface area contributed by atoms with Crippen LogP contribution in [0.5, 0.6) is 0 Å². The van der Waals surface area contributed by atoms with Gasteiger partial charge in [0, 0.05) is 18.3 Å². The molecule has 0 radical (unpaired) electrons. The molecule has 2 aromatic heterocycles. The van der Waals surface area contributed by atoms with Crippen molar-refractivity contribution in [1.29, 1.82) is 0 Å². The minimum atomic E-state index is 0.436. The monoisotopic (exact) mass is 232 g/mol. The summed E-state index contributed by atoms with van der Waals surface area (Å²) < 4.78 is 7.22. The zero-order chi connectivity index (χ0) is 11.7. The van der Waals surface area contributed by atoms with Gasteiger partial charge in [-0.1, -0.05) is 5.16 Å². The Balaban J connectivity index is 1.81. The maximum Gasteiger partial charge on any atom is 0.133 e. The number of nitrogens with one attached hydrogen (secondary N) is 1. The fourth-order valence-electron chi connectivity index (χ4n) is 2.36. The van der Waals surface area contributed by atoms with Crippen molar-refractivity contribution in [2.75, 3.05) is 6.54 Å². The van der Waals surface area contributed by atoms with Crippen LogP contribution in [0.4, 0.5) is 0 Å². The first-order valence-corrected chi connectivity index (χ1v) is 5.98. The SMILES string of the molecule is Cc1cc(Cn2cncc2[C@@H]2CCCN2)no1. The lowest BCUT2D eigenvalue weighted by atomic mass is 10.2. The number of hydrogen-bond acceptors (Lipinski definition) is 4. The van der Waals surface area contributed by atoms with Gasteiger partial charge in [0.05, 0.1) is 18.6 Å². The molecular formula is C12H16N4O. The molecule has 0 aromatic carbocycles. The van der Waals surface area contributed by atoms with Crippen LogP contribution >= 0.6 is 0 Å². The Morgan fingerprint density at radius 3 is 3.24 bits per heavy atom. The second-order valence-corrected chi connectivity index (χ2v) is 4.52. The Morgan fingerprint density at radius 2 is 2.53 bits per heavy atom. The topological polar surface area (TPSA) is 55.9 Å². The molecule has 0 aliphatic carbocycles. The van der Waals surface area contributed by atoms with Gasteiger partial charge in [-0.25, -0.2) is 4.98 Å². The van der Waals surface area contributed by atoms with Crippen molar-refractivity contribution in [2.24, 2.45) is 0 Å². The second kappa shape index (κ2) is 4.33. The van der Waals surface area contributed by atoms with Crippen molar-refractivity contribution in [3.05, 3.63) is 35.7 Å².